The molecule has 1 aliphatic heterocycles. The number of piperazine rings is 1. The summed E-state index contributed by atoms with van der Waals surface area (Å²) in [5, 5.41) is 25.2. The van der Waals surface area contributed by atoms with Crippen LogP contribution in [0.3, 0.4) is 0 Å². The average molecular weight is 572 g/mol. The van der Waals surface area contributed by atoms with Gasteiger partial charge in [0.05, 0.1) is 46.8 Å². The number of nitrogens with zero attached hydrogens (tertiary/aromatic N) is 5. The van der Waals surface area contributed by atoms with Crippen LogP contribution in [-0.4, -0.2) is 97.3 Å². The fourth-order valence-corrected chi connectivity index (χ4v) is 5.05. The van der Waals surface area contributed by atoms with E-state index in [-0.39, 0.29) is 46.7 Å². The first-order valence-corrected chi connectivity index (χ1v) is 13.2. The van der Waals surface area contributed by atoms with Crippen molar-refractivity contribution in [3.63, 3.8) is 0 Å². The third kappa shape index (κ3) is 4.88. The molecule has 1 fully saturated rings. The fourth-order valence-electron chi connectivity index (χ4n) is 5.05. The number of aliphatic hydroxyl groups is 1. The van der Waals surface area contributed by atoms with E-state index in [1.165, 1.54) is 17.2 Å². The summed E-state index contributed by atoms with van der Waals surface area (Å²) in [5.41, 5.74) is 3.36. The van der Waals surface area contributed by atoms with Gasteiger partial charge in [-0.25, -0.2) is 9.37 Å². The number of hydrogen-bond acceptors (Lipinski definition) is 8. The maximum Gasteiger partial charge on any atom is 0.295 e. The molecule has 0 bridgehead atoms. The zero-order valence-corrected chi connectivity index (χ0v) is 22.2. The van der Waals surface area contributed by atoms with Gasteiger partial charge < -0.3 is 25.2 Å². The molecule has 5 heterocycles. The van der Waals surface area contributed by atoms with E-state index in [9.17, 15) is 14.4 Å². The number of Topliss-reactive ketones (excluding diaryl/α,β-unsaturated/α-hetero) is 1. The molecule has 4 aromatic heterocycles. The van der Waals surface area contributed by atoms with Gasteiger partial charge in [0.2, 0.25) is 0 Å². The number of aromatic amines is 3. The van der Waals surface area contributed by atoms with Crippen molar-refractivity contribution in [1.29, 1.82) is 0 Å². The number of aliphatic hydroxyl groups excluding tert-OH is 1. The molecule has 14 heteroatoms. The standard InChI is InChI=1S/C28H26FN9O4/c29-18-14-32-24(19-12-20(35-34-19)27(41)30-6-11-39)25-22(18)17(13-31-25)26(40)28(42)38-9-7-37(8-10-38)21-15-33-36-23(21)16-4-2-1-3-5-16/h1-5,12-15,31,39H,6-11H2,(H,30,41)(H,33,36)(H,34,35). The highest BCUT2D eigenvalue weighted by atomic mass is 19.1. The Balaban J connectivity index is 1.19. The Morgan fingerprint density at radius 3 is 2.60 bits per heavy atom. The summed E-state index contributed by atoms with van der Waals surface area (Å²) in [4.78, 5) is 49.3. The number of benzene rings is 1. The Hall–Kier alpha value is -5.37. The van der Waals surface area contributed by atoms with E-state index in [2.05, 4.69) is 40.6 Å². The first kappa shape index (κ1) is 26.8. The van der Waals surface area contributed by atoms with Gasteiger partial charge in [0.1, 0.15) is 17.1 Å². The molecule has 0 aliphatic carbocycles. The number of carbonyl (C=O) groups excluding carboxylic acids is 3. The number of halogens is 1. The van der Waals surface area contributed by atoms with E-state index < -0.39 is 23.4 Å². The topological polar surface area (TPSA) is 176 Å². The summed E-state index contributed by atoms with van der Waals surface area (Å²) in [6.07, 6.45) is 3.98. The summed E-state index contributed by atoms with van der Waals surface area (Å²) in [6.45, 7) is 1.42. The number of ketones is 1. The van der Waals surface area contributed by atoms with E-state index in [4.69, 9.17) is 5.11 Å². The number of nitrogens with one attached hydrogen (secondary N) is 4. The van der Waals surface area contributed by atoms with Crippen LogP contribution in [0.4, 0.5) is 10.1 Å². The second-order valence-electron chi connectivity index (χ2n) is 9.66. The van der Waals surface area contributed by atoms with Crippen LogP contribution in [0.5, 0.6) is 0 Å². The van der Waals surface area contributed by atoms with Crippen molar-refractivity contribution in [3.05, 3.63) is 72.1 Å². The van der Waals surface area contributed by atoms with Crippen molar-refractivity contribution in [2.45, 2.75) is 0 Å². The molecule has 0 unspecified atom stereocenters. The number of pyridine rings is 1. The maximum atomic E-state index is 15.0. The Morgan fingerprint density at radius 1 is 1.05 bits per heavy atom. The van der Waals surface area contributed by atoms with Crippen LogP contribution in [-0.2, 0) is 4.79 Å². The highest BCUT2D eigenvalue weighted by molar-refractivity contribution is 6.45. The molecule has 5 aromatic rings. The lowest BCUT2D eigenvalue weighted by atomic mass is 10.1. The zero-order valence-electron chi connectivity index (χ0n) is 22.2. The van der Waals surface area contributed by atoms with Crippen molar-refractivity contribution < 1.29 is 23.9 Å². The van der Waals surface area contributed by atoms with Crippen molar-refractivity contribution in [1.82, 2.24) is 40.6 Å². The summed E-state index contributed by atoms with van der Waals surface area (Å²) in [6, 6.07) is 11.2. The smallest absolute Gasteiger partial charge is 0.295 e. The predicted octanol–water partition coefficient (Wildman–Crippen LogP) is 1.74. The maximum absolute atomic E-state index is 15.0. The van der Waals surface area contributed by atoms with Gasteiger partial charge in [0.15, 0.2) is 5.82 Å². The molecule has 6 rings (SSSR count). The lowest BCUT2D eigenvalue weighted by Gasteiger charge is -2.35. The molecular formula is C28H26FN9O4. The van der Waals surface area contributed by atoms with Gasteiger partial charge >= 0.3 is 0 Å². The molecule has 1 aliphatic rings. The van der Waals surface area contributed by atoms with E-state index in [0.29, 0.717) is 26.2 Å². The Kier molecular flexibility index (Phi) is 7.19. The normalized spacial score (nSPS) is 13.5. The molecule has 1 aromatic carbocycles. The second-order valence-corrected chi connectivity index (χ2v) is 9.66. The van der Waals surface area contributed by atoms with Gasteiger partial charge in [-0.05, 0) is 6.07 Å². The third-order valence-corrected chi connectivity index (χ3v) is 7.15. The van der Waals surface area contributed by atoms with Gasteiger partial charge in [-0.2, -0.15) is 10.2 Å². The quantitative estimate of drug-likeness (QED) is 0.138. The summed E-state index contributed by atoms with van der Waals surface area (Å²) >= 11 is 0. The van der Waals surface area contributed by atoms with Crippen molar-refractivity contribution in [3.8, 4) is 22.6 Å². The first-order valence-electron chi connectivity index (χ1n) is 13.2. The summed E-state index contributed by atoms with van der Waals surface area (Å²) in [5.74, 6) is -2.84. The van der Waals surface area contributed by atoms with Crippen molar-refractivity contribution in [2.24, 2.45) is 0 Å². The van der Waals surface area contributed by atoms with Gasteiger partial charge in [0.25, 0.3) is 17.6 Å². The Labute approximate surface area is 237 Å². The molecule has 1 saturated heterocycles. The fraction of sp³-hybridized carbons (Fsp3) is 0.214. The zero-order chi connectivity index (χ0) is 29.2. The van der Waals surface area contributed by atoms with Gasteiger partial charge in [-0.15, -0.1) is 0 Å². The number of fused-ring (bicyclic) bond motifs is 1. The molecule has 0 radical (unpaired) electrons. The monoisotopic (exact) mass is 571 g/mol. The molecule has 13 nitrogen and oxygen atoms in total. The van der Waals surface area contributed by atoms with E-state index in [0.717, 1.165) is 23.1 Å². The molecule has 0 spiro atoms. The van der Waals surface area contributed by atoms with Crippen molar-refractivity contribution in [2.75, 3.05) is 44.2 Å². The molecular weight excluding hydrogens is 545 g/mol. The highest BCUT2D eigenvalue weighted by Gasteiger charge is 2.31. The molecule has 0 atom stereocenters. The SMILES string of the molecule is O=C(NCCO)c1cc(-c2ncc(F)c3c(C(=O)C(=O)N4CCN(c5cn[nH]c5-c5ccccc5)CC4)c[nH]c23)n[nH]1. The molecule has 2 amide bonds. The van der Waals surface area contributed by atoms with Crippen LogP contribution >= 0.6 is 0 Å². The number of aromatic nitrogens is 6. The number of H-pyrrole nitrogens is 3. The minimum absolute atomic E-state index is 0.0649. The van der Waals surface area contributed by atoms with Gasteiger partial charge in [-0.3, -0.25) is 24.6 Å². The van der Waals surface area contributed by atoms with Gasteiger partial charge in [-0.1, -0.05) is 30.3 Å². The first-order chi connectivity index (χ1) is 20.5. The van der Waals surface area contributed by atoms with Crippen LogP contribution in [0.25, 0.3) is 33.5 Å². The number of rotatable bonds is 8. The summed E-state index contributed by atoms with van der Waals surface area (Å²) < 4.78 is 15.0. The molecule has 5 N–H and O–H groups in total. The number of amides is 2. The minimum atomic E-state index is -0.842. The lowest BCUT2D eigenvalue weighted by molar-refractivity contribution is -0.126. The molecule has 0 saturated carbocycles. The molecule has 214 valence electrons. The van der Waals surface area contributed by atoms with Crippen LogP contribution in [0, 0.1) is 5.82 Å². The Bertz CT molecular complexity index is 1770. The van der Waals surface area contributed by atoms with Crippen LogP contribution in [0.1, 0.15) is 20.8 Å². The minimum Gasteiger partial charge on any atom is -0.395 e. The average Bonchev–Trinajstić information content (AvgIpc) is 3.80. The highest BCUT2D eigenvalue weighted by Crippen LogP contribution is 2.31. The number of carbonyl (C=O) groups is 3. The number of anilines is 1. The lowest BCUT2D eigenvalue weighted by Crippen LogP contribution is -2.50. The van der Waals surface area contributed by atoms with Crippen LogP contribution in [0.15, 0.2) is 55.0 Å². The van der Waals surface area contributed by atoms with Crippen LogP contribution < -0.4 is 10.2 Å². The largest absolute Gasteiger partial charge is 0.395 e. The predicted molar refractivity (Wildman–Crippen MR) is 150 cm³/mol. The van der Waals surface area contributed by atoms with Gasteiger partial charge in [0, 0.05) is 44.5 Å². The van der Waals surface area contributed by atoms with Crippen molar-refractivity contribution >= 4 is 34.2 Å². The second kappa shape index (κ2) is 11.2. The third-order valence-electron chi connectivity index (χ3n) is 7.15. The van der Waals surface area contributed by atoms with E-state index in [1.807, 2.05) is 30.3 Å². The van der Waals surface area contributed by atoms with E-state index >= 15 is 4.39 Å². The summed E-state index contributed by atoms with van der Waals surface area (Å²) in [7, 11) is 0. The van der Waals surface area contributed by atoms with E-state index in [1.54, 1.807) is 6.20 Å². The molecule has 42 heavy (non-hydrogen) atoms. The van der Waals surface area contributed by atoms with Crippen LogP contribution in [0.2, 0.25) is 0 Å². The number of hydrogen-bond donors (Lipinski definition) is 5. The Morgan fingerprint density at radius 2 is 1.83 bits per heavy atom.